The van der Waals surface area contributed by atoms with Crippen LogP contribution in [0.5, 0.6) is 0 Å². The van der Waals surface area contributed by atoms with Gasteiger partial charge in [0, 0.05) is 25.7 Å². The van der Waals surface area contributed by atoms with Gasteiger partial charge in [-0.05, 0) is 30.7 Å². The number of carbonyl (C=O) groups excluding carboxylic acids is 2. The quantitative estimate of drug-likeness (QED) is 0.638. The third kappa shape index (κ3) is 3.31. The zero-order valence-electron chi connectivity index (χ0n) is 15.0. The van der Waals surface area contributed by atoms with E-state index in [1.807, 2.05) is 13.8 Å². The Bertz CT molecular complexity index is 728. The highest BCUT2D eigenvalue weighted by Crippen LogP contribution is 2.30. The second-order valence-corrected chi connectivity index (χ2v) is 7.70. The van der Waals surface area contributed by atoms with Crippen molar-refractivity contribution in [1.82, 2.24) is 9.80 Å². The van der Waals surface area contributed by atoms with Crippen LogP contribution in [0.25, 0.3) is 0 Å². The van der Waals surface area contributed by atoms with Crippen LogP contribution in [-0.4, -0.2) is 58.3 Å². The lowest BCUT2D eigenvalue weighted by molar-refractivity contribution is -0.402. The highest BCUT2D eigenvalue weighted by Gasteiger charge is 2.42. The molecule has 3 heterocycles. The molecule has 0 aromatic carbocycles. The molecule has 1 aromatic rings. The van der Waals surface area contributed by atoms with E-state index in [0.29, 0.717) is 32.5 Å². The highest BCUT2D eigenvalue weighted by atomic mass is 16.6. The second-order valence-electron chi connectivity index (χ2n) is 7.70. The first-order chi connectivity index (χ1) is 12.2. The Balaban J connectivity index is 1.74. The summed E-state index contributed by atoms with van der Waals surface area (Å²) in [6.07, 6.45) is 2.02. The Hall–Kier alpha value is -2.42. The molecule has 2 atom stereocenters. The van der Waals surface area contributed by atoms with Crippen LogP contribution in [0.4, 0.5) is 5.88 Å². The summed E-state index contributed by atoms with van der Waals surface area (Å²) >= 11 is 0. The number of amides is 2. The molecule has 2 aliphatic heterocycles. The number of furan rings is 1. The van der Waals surface area contributed by atoms with Gasteiger partial charge in [0.2, 0.25) is 5.91 Å². The fraction of sp³-hybridized carbons (Fsp3) is 0.647. The average molecular weight is 364 g/mol. The lowest BCUT2D eigenvalue weighted by Gasteiger charge is -2.43. The Morgan fingerprint density at radius 1 is 1.31 bits per heavy atom. The van der Waals surface area contributed by atoms with Gasteiger partial charge in [-0.1, -0.05) is 13.8 Å². The predicted octanol–water partition coefficient (Wildman–Crippen LogP) is 1.38. The van der Waals surface area contributed by atoms with Gasteiger partial charge < -0.3 is 20.0 Å². The van der Waals surface area contributed by atoms with Crippen LogP contribution in [0, 0.1) is 15.5 Å². The Labute approximate surface area is 151 Å². The summed E-state index contributed by atoms with van der Waals surface area (Å²) in [5.41, 5.74) is 5.96. The Morgan fingerprint density at radius 2 is 2.04 bits per heavy atom. The number of rotatable bonds is 3. The predicted molar refractivity (Wildman–Crippen MR) is 92.4 cm³/mol. The van der Waals surface area contributed by atoms with Crippen LogP contribution < -0.4 is 5.73 Å². The van der Waals surface area contributed by atoms with Crippen LogP contribution in [0.15, 0.2) is 16.5 Å². The molecule has 0 saturated carbocycles. The van der Waals surface area contributed by atoms with Crippen molar-refractivity contribution in [2.45, 2.75) is 45.2 Å². The molecule has 2 saturated heterocycles. The third-order valence-electron chi connectivity index (χ3n) is 5.41. The lowest BCUT2D eigenvalue weighted by Crippen LogP contribution is -2.57. The molecule has 2 unspecified atom stereocenters. The molecule has 2 N–H and O–H groups in total. The first kappa shape index (κ1) is 18.4. The second kappa shape index (κ2) is 6.71. The zero-order valence-corrected chi connectivity index (χ0v) is 15.0. The molecule has 9 nitrogen and oxygen atoms in total. The molecule has 9 heteroatoms. The molecule has 2 fully saturated rings. The molecule has 142 valence electrons. The van der Waals surface area contributed by atoms with E-state index in [0.717, 1.165) is 12.5 Å². The summed E-state index contributed by atoms with van der Waals surface area (Å²) in [6, 6.07) is 1.91. The topological polar surface area (TPSA) is 123 Å². The van der Waals surface area contributed by atoms with Gasteiger partial charge in [-0.15, -0.1) is 0 Å². The number of piperidine rings is 1. The molecule has 3 rings (SSSR count). The molecule has 0 radical (unpaired) electrons. The maximum Gasteiger partial charge on any atom is 0.433 e. The third-order valence-corrected chi connectivity index (χ3v) is 5.41. The van der Waals surface area contributed by atoms with Crippen molar-refractivity contribution in [2.24, 2.45) is 11.1 Å². The van der Waals surface area contributed by atoms with Crippen molar-refractivity contribution < 1.29 is 18.9 Å². The summed E-state index contributed by atoms with van der Waals surface area (Å²) in [5, 5.41) is 10.7. The van der Waals surface area contributed by atoms with E-state index in [4.69, 9.17) is 10.2 Å². The molecule has 1 aromatic heterocycles. The van der Waals surface area contributed by atoms with Gasteiger partial charge in [-0.25, -0.2) is 0 Å². The van der Waals surface area contributed by atoms with E-state index in [1.165, 1.54) is 11.0 Å². The van der Waals surface area contributed by atoms with Crippen LogP contribution >= 0.6 is 0 Å². The van der Waals surface area contributed by atoms with Crippen molar-refractivity contribution in [1.29, 1.82) is 0 Å². The molecule has 0 bridgehead atoms. The number of nitro groups is 1. The fourth-order valence-corrected chi connectivity index (χ4v) is 3.72. The van der Waals surface area contributed by atoms with Gasteiger partial charge in [0.1, 0.15) is 11.0 Å². The van der Waals surface area contributed by atoms with Crippen molar-refractivity contribution in [3.63, 3.8) is 0 Å². The summed E-state index contributed by atoms with van der Waals surface area (Å²) in [5.74, 6) is -1.17. The van der Waals surface area contributed by atoms with Crippen LogP contribution in [-0.2, 0) is 4.79 Å². The van der Waals surface area contributed by atoms with E-state index in [-0.39, 0.29) is 23.1 Å². The van der Waals surface area contributed by atoms with Crippen LogP contribution in [0.1, 0.15) is 43.7 Å². The summed E-state index contributed by atoms with van der Waals surface area (Å²) < 4.78 is 5.01. The van der Waals surface area contributed by atoms with Gasteiger partial charge in [0.15, 0.2) is 5.76 Å². The largest absolute Gasteiger partial charge is 0.433 e. The van der Waals surface area contributed by atoms with Crippen LogP contribution in [0.2, 0.25) is 0 Å². The van der Waals surface area contributed by atoms with Crippen molar-refractivity contribution >= 4 is 17.7 Å². The maximum absolute atomic E-state index is 13.0. The first-order valence-electron chi connectivity index (χ1n) is 8.80. The van der Waals surface area contributed by atoms with E-state index < -0.39 is 22.8 Å². The number of hydrogen-bond donors (Lipinski definition) is 1. The van der Waals surface area contributed by atoms with E-state index >= 15 is 0 Å². The summed E-state index contributed by atoms with van der Waals surface area (Å²) in [7, 11) is 0. The van der Waals surface area contributed by atoms with Gasteiger partial charge in [0.25, 0.3) is 5.91 Å². The molecular weight excluding hydrogens is 340 g/mol. The average Bonchev–Trinajstić information content (AvgIpc) is 3.25. The number of likely N-dealkylation sites (tertiary alicyclic amines) is 2. The first-order valence-corrected chi connectivity index (χ1v) is 8.80. The summed E-state index contributed by atoms with van der Waals surface area (Å²) in [4.78, 5) is 39.0. The van der Waals surface area contributed by atoms with E-state index in [1.54, 1.807) is 4.90 Å². The molecule has 26 heavy (non-hydrogen) atoms. The highest BCUT2D eigenvalue weighted by molar-refractivity contribution is 5.96. The number of hydrogen-bond acceptors (Lipinski definition) is 6. The molecule has 2 amide bonds. The molecule has 0 spiro atoms. The van der Waals surface area contributed by atoms with Crippen molar-refractivity contribution in [2.75, 3.05) is 19.6 Å². The fourth-order valence-electron chi connectivity index (χ4n) is 3.72. The smallest absolute Gasteiger partial charge is 0.395 e. The minimum atomic E-state index is -0.692. The van der Waals surface area contributed by atoms with Crippen LogP contribution in [0.3, 0.4) is 0 Å². The minimum Gasteiger partial charge on any atom is -0.395 e. The minimum absolute atomic E-state index is 0.0385. The normalized spacial score (nSPS) is 25.3. The lowest BCUT2D eigenvalue weighted by atomic mass is 9.79. The van der Waals surface area contributed by atoms with E-state index in [9.17, 15) is 19.7 Å². The Morgan fingerprint density at radius 3 is 2.65 bits per heavy atom. The number of nitrogens with zero attached hydrogens (tertiary/aromatic N) is 3. The van der Waals surface area contributed by atoms with Crippen molar-refractivity contribution in [3.05, 3.63) is 28.0 Å². The maximum atomic E-state index is 13.0. The molecule has 2 aliphatic rings. The molecule has 0 aliphatic carbocycles. The summed E-state index contributed by atoms with van der Waals surface area (Å²) in [6.45, 7) is 5.64. The number of carbonyl (C=O) groups is 2. The number of nitrogens with two attached hydrogens (primary N) is 1. The van der Waals surface area contributed by atoms with Crippen molar-refractivity contribution in [3.8, 4) is 0 Å². The SMILES string of the molecule is CC1(C)CN(C(=O)C2CCCN2C(=O)c2ccc([N+](=O)[O-])o2)CCC1N. The van der Waals surface area contributed by atoms with Gasteiger partial charge in [0.05, 0.1) is 6.07 Å². The molecular formula is C17H24N4O5. The van der Waals surface area contributed by atoms with Gasteiger partial charge >= 0.3 is 5.88 Å². The van der Waals surface area contributed by atoms with Gasteiger partial charge in [-0.2, -0.15) is 0 Å². The zero-order chi connectivity index (χ0) is 19.1. The van der Waals surface area contributed by atoms with Gasteiger partial charge in [-0.3, -0.25) is 19.7 Å². The monoisotopic (exact) mass is 364 g/mol. The Kier molecular flexibility index (Phi) is 4.74. The van der Waals surface area contributed by atoms with E-state index in [2.05, 4.69) is 0 Å². The standard InChI is InChI=1S/C17H24N4O5/c1-17(2)10-19(9-7-13(17)18)15(22)11-4-3-8-20(11)16(23)12-5-6-14(26-12)21(24)25/h5-6,11,13H,3-4,7-10,18H2,1-2H3.